The zero-order valence-corrected chi connectivity index (χ0v) is 14.0. The number of ether oxygens (including phenoxy) is 1. The Bertz CT molecular complexity index is 979. The van der Waals surface area contributed by atoms with E-state index in [0.29, 0.717) is 10.6 Å². The smallest absolute Gasteiger partial charge is 0.340 e. The Morgan fingerprint density at radius 2 is 1.81 bits per heavy atom. The van der Waals surface area contributed by atoms with Crippen LogP contribution in [0.5, 0.6) is 0 Å². The van der Waals surface area contributed by atoms with E-state index in [1.165, 1.54) is 23.5 Å². The highest BCUT2D eigenvalue weighted by molar-refractivity contribution is 6.30. The van der Waals surface area contributed by atoms with Gasteiger partial charge in [-0.25, -0.2) is 19.7 Å². The van der Waals surface area contributed by atoms with Crippen LogP contribution in [0, 0.1) is 0 Å². The average molecular weight is 367 g/mol. The molecule has 1 aliphatic heterocycles. The Balaban J connectivity index is 1.74. The molecule has 4 rings (SSSR count). The lowest BCUT2D eigenvalue weighted by Gasteiger charge is -2.23. The number of hydrogen-bond donors (Lipinski definition) is 0. The molecular weight excluding hydrogens is 356 g/mol. The maximum atomic E-state index is 12.8. The number of anilines is 1. The van der Waals surface area contributed by atoms with E-state index < -0.39 is 18.1 Å². The molecule has 3 aromatic rings. The molecule has 2 aromatic heterocycles. The summed E-state index contributed by atoms with van der Waals surface area (Å²) in [5.41, 5.74) is 0.745. The topological polar surface area (TPSA) is 85.3 Å². The van der Waals surface area contributed by atoms with Crippen molar-refractivity contribution in [1.29, 1.82) is 0 Å². The molecular formula is C18H11ClN4O3. The first-order valence-corrected chi connectivity index (χ1v) is 8.05. The number of carbonyl (C=O) groups is 2. The van der Waals surface area contributed by atoms with E-state index in [1.54, 1.807) is 42.5 Å². The normalized spacial score (nSPS) is 15.7. The molecule has 0 aliphatic carbocycles. The van der Waals surface area contributed by atoms with Crippen molar-refractivity contribution < 1.29 is 14.3 Å². The summed E-state index contributed by atoms with van der Waals surface area (Å²) in [6.07, 6.45) is 3.19. The second-order valence-electron chi connectivity index (χ2n) is 5.42. The molecule has 128 valence electrons. The summed E-state index contributed by atoms with van der Waals surface area (Å²) in [6.45, 7) is 0. The molecule has 7 nitrogen and oxygen atoms in total. The van der Waals surface area contributed by atoms with Crippen molar-refractivity contribution in [3.8, 4) is 0 Å². The lowest BCUT2D eigenvalue weighted by Crippen LogP contribution is -2.31. The highest BCUT2D eigenvalue weighted by Crippen LogP contribution is 2.35. The summed E-state index contributed by atoms with van der Waals surface area (Å²) in [5, 5.41) is 0.423. The third-order valence-corrected chi connectivity index (χ3v) is 4.03. The quantitative estimate of drug-likeness (QED) is 0.662. The zero-order chi connectivity index (χ0) is 18.1. The van der Waals surface area contributed by atoms with E-state index in [0.717, 1.165) is 0 Å². The summed E-state index contributed by atoms with van der Waals surface area (Å²) in [7, 11) is 0. The molecule has 0 N–H and O–H groups in total. The van der Waals surface area contributed by atoms with Gasteiger partial charge in [0.1, 0.15) is 11.5 Å². The molecule has 0 bridgehead atoms. The zero-order valence-electron chi connectivity index (χ0n) is 13.2. The van der Waals surface area contributed by atoms with Gasteiger partial charge in [0, 0.05) is 18.6 Å². The van der Waals surface area contributed by atoms with Gasteiger partial charge < -0.3 is 4.74 Å². The van der Waals surface area contributed by atoms with E-state index in [-0.39, 0.29) is 17.2 Å². The molecule has 1 atom stereocenters. The number of pyridine rings is 1. The molecule has 1 aromatic carbocycles. The average Bonchev–Trinajstić information content (AvgIpc) is 2.95. The van der Waals surface area contributed by atoms with E-state index >= 15 is 0 Å². The van der Waals surface area contributed by atoms with E-state index in [9.17, 15) is 9.59 Å². The molecule has 0 radical (unpaired) electrons. The standard InChI is InChI=1S/C18H11ClN4O3/c19-12-6-7-13(22-10-12)23-16(24)14-15(21-9-8-20-14)17(23)26-18(25)11-4-2-1-3-5-11/h1-10,17H/t17-/m0/s1. The Kier molecular flexibility index (Phi) is 4.06. The summed E-state index contributed by atoms with van der Waals surface area (Å²) in [6, 6.07) is 11.7. The first-order valence-electron chi connectivity index (χ1n) is 7.67. The molecule has 8 heteroatoms. The van der Waals surface area contributed by atoms with Crippen LogP contribution in [0.1, 0.15) is 32.8 Å². The van der Waals surface area contributed by atoms with Crippen molar-refractivity contribution in [2.75, 3.05) is 4.90 Å². The number of carbonyl (C=O) groups excluding carboxylic acids is 2. The highest BCUT2D eigenvalue weighted by Gasteiger charge is 2.43. The number of aromatic nitrogens is 3. The molecule has 0 spiro atoms. The van der Waals surface area contributed by atoms with Gasteiger partial charge in [-0.1, -0.05) is 29.8 Å². The monoisotopic (exact) mass is 366 g/mol. The van der Waals surface area contributed by atoms with Crippen LogP contribution >= 0.6 is 11.6 Å². The van der Waals surface area contributed by atoms with Crippen molar-refractivity contribution in [1.82, 2.24) is 15.0 Å². The van der Waals surface area contributed by atoms with Crippen molar-refractivity contribution in [2.45, 2.75) is 6.23 Å². The van der Waals surface area contributed by atoms with Gasteiger partial charge in [-0.05, 0) is 24.3 Å². The minimum Gasteiger partial charge on any atom is -0.431 e. The fraction of sp³-hybridized carbons (Fsp3) is 0.0556. The number of fused-ring (bicyclic) bond motifs is 1. The first-order chi connectivity index (χ1) is 12.6. The summed E-state index contributed by atoms with van der Waals surface area (Å²) < 4.78 is 5.58. The van der Waals surface area contributed by atoms with Crippen LogP contribution in [0.25, 0.3) is 0 Å². The van der Waals surface area contributed by atoms with Crippen LogP contribution in [0.2, 0.25) is 5.02 Å². The SMILES string of the molecule is O=C(O[C@H]1c2nccnc2C(=O)N1c1ccc(Cl)cn1)c1ccccc1. The third kappa shape index (κ3) is 2.78. The molecule has 26 heavy (non-hydrogen) atoms. The predicted molar refractivity (Wildman–Crippen MR) is 92.7 cm³/mol. The molecule has 1 aliphatic rings. The second-order valence-corrected chi connectivity index (χ2v) is 5.86. The number of rotatable bonds is 3. The summed E-state index contributed by atoms with van der Waals surface area (Å²) >= 11 is 5.87. The highest BCUT2D eigenvalue weighted by atomic mass is 35.5. The number of benzene rings is 1. The Morgan fingerprint density at radius 3 is 2.54 bits per heavy atom. The van der Waals surface area contributed by atoms with Gasteiger partial charge in [0.15, 0.2) is 5.69 Å². The maximum Gasteiger partial charge on any atom is 0.340 e. The molecule has 0 saturated carbocycles. The van der Waals surface area contributed by atoms with Crippen molar-refractivity contribution in [2.24, 2.45) is 0 Å². The van der Waals surface area contributed by atoms with Gasteiger partial charge in [-0.15, -0.1) is 0 Å². The van der Waals surface area contributed by atoms with Crippen molar-refractivity contribution in [3.63, 3.8) is 0 Å². The number of esters is 1. The number of hydrogen-bond acceptors (Lipinski definition) is 6. The number of nitrogens with zero attached hydrogens (tertiary/aromatic N) is 4. The van der Waals surface area contributed by atoms with Crippen molar-refractivity contribution in [3.05, 3.63) is 83.0 Å². The lowest BCUT2D eigenvalue weighted by atomic mass is 10.2. The van der Waals surface area contributed by atoms with Crippen LogP contribution in [0.15, 0.2) is 61.1 Å². The van der Waals surface area contributed by atoms with Gasteiger partial charge in [-0.3, -0.25) is 9.78 Å². The first kappa shape index (κ1) is 16.2. The number of amides is 1. The molecule has 3 heterocycles. The van der Waals surface area contributed by atoms with Gasteiger partial charge >= 0.3 is 5.97 Å². The van der Waals surface area contributed by atoms with Crippen LogP contribution in [0.4, 0.5) is 5.82 Å². The minimum atomic E-state index is -1.06. The summed E-state index contributed by atoms with van der Waals surface area (Å²) in [4.78, 5) is 38.9. The molecule has 0 unspecified atom stereocenters. The van der Waals surface area contributed by atoms with Gasteiger partial charge in [0.25, 0.3) is 5.91 Å². The minimum absolute atomic E-state index is 0.120. The Morgan fingerprint density at radius 1 is 1.04 bits per heavy atom. The second kappa shape index (κ2) is 6.53. The van der Waals surface area contributed by atoms with E-state index in [1.807, 2.05) is 0 Å². The fourth-order valence-corrected chi connectivity index (χ4v) is 2.74. The number of halogens is 1. The largest absolute Gasteiger partial charge is 0.431 e. The summed E-state index contributed by atoms with van der Waals surface area (Å²) in [5.74, 6) is -0.750. The molecule has 0 saturated heterocycles. The van der Waals surface area contributed by atoms with E-state index in [4.69, 9.17) is 16.3 Å². The predicted octanol–water partition coefficient (Wildman–Crippen LogP) is 3.04. The Labute approximate surface area is 153 Å². The van der Waals surface area contributed by atoms with Gasteiger partial charge in [0.2, 0.25) is 6.23 Å². The van der Waals surface area contributed by atoms with Crippen LogP contribution < -0.4 is 4.90 Å². The molecule has 0 fully saturated rings. The maximum absolute atomic E-state index is 12.8. The van der Waals surface area contributed by atoms with Crippen LogP contribution in [-0.4, -0.2) is 26.8 Å². The van der Waals surface area contributed by atoms with Gasteiger partial charge in [-0.2, -0.15) is 0 Å². The Hall–Kier alpha value is -3.32. The lowest BCUT2D eigenvalue weighted by molar-refractivity contribution is 0.0298. The fourth-order valence-electron chi connectivity index (χ4n) is 2.62. The van der Waals surface area contributed by atoms with Crippen molar-refractivity contribution >= 4 is 29.3 Å². The van der Waals surface area contributed by atoms with Crippen LogP contribution in [0.3, 0.4) is 0 Å². The molecule has 1 amide bonds. The van der Waals surface area contributed by atoms with Gasteiger partial charge in [0.05, 0.1) is 10.6 Å². The van der Waals surface area contributed by atoms with Crippen LogP contribution in [-0.2, 0) is 4.74 Å². The third-order valence-electron chi connectivity index (χ3n) is 3.80. The van der Waals surface area contributed by atoms with E-state index in [2.05, 4.69) is 15.0 Å².